The van der Waals surface area contributed by atoms with Gasteiger partial charge in [-0.05, 0) is 67.8 Å². The third-order valence-corrected chi connectivity index (χ3v) is 6.04. The van der Waals surface area contributed by atoms with Crippen LogP contribution in [0.3, 0.4) is 0 Å². The number of fused-ring (bicyclic) bond motifs is 1. The van der Waals surface area contributed by atoms with Gasteiger partial charge in [-0.3, -0.25) is 9.78 Å². The molecule has 0 saturated carbocycles. The minimum atomic E-state index is -0.168. The lowest BCUT2D eigenvalue weighted by Crippen LogP contribution is -2.13. The predicted molar refractivity (Wildman–Crippen MR) is 142 cm³/mol. The second-order valence-corrected chi connectivity index (χ2v) is 8.68. The lowest BCUT2D eigenvalue weighted by molar-refractivity contribution is 0.102. The van der Waals surface area contributed by atoms with E-state index >= 15 is 0 Å². The number of carbonyl (C=O) groups is 1. The Morgan fingerprint density at radius 2 is 1.86 bits per heavy atom. The van der Waals surface area contributed by atoms with Gasteiger partial charge in [0.05, 0.1) is 0 Å². The minimum absolute atomic E-state index is 0.168. The molecule has 5 rings (SSSR count). The largest absolute Gasteiger partial charge is 0.340 e. The zero-order valence-corrected chi connectivity index (χ0v) is 20.5. The highest BCUT2D eigenvalue weighted by atomic mass is 16.1. The number of aryl methyl sites for hydroxylation is 2. The Bertz CT molecular complexity index is 1540. The third kappa shape index (κ3) is 4.79. The fourth-order valence-electron chi connectivity index (χ4n) is 3.98. The molecule has 0 bridgehead atoms. The first-order valence-corrected chi connectivity index (χ1v) is 11.9. The third-order valence-electron chi connectivity index (χ3n) is 6.04. The quantitative estimate of drug-likeness (QED) is 0.310. The maximum atomic E-state index is 13.0. The zero-order valence-electron chi connectivity index (χ0n) is 20.5. The summed E-state index contributed by atoms with van der Waals surface area (Å²) in [5.41, 5.74) is 6.04. The summed E-state index contributed by atoms with van der Waals surface area (Å²) >= 11 is 0. The van der Waals surface area contributed by atoms with E-state index in [-0.39, 0.29) is 5.91 Å². The van der Waals surface area contributed by atoms with Gasteiger partial charge in [-0.25, -0.2) is 4.98 Å². The molecule has 1 amide bonds. The van der Waals surface area contributed by atoms with Crippen molar-refractivity contribution in [1.82, 2.24) is 24.6 Å². The Hall–Kier alpha value is -4.59. The van der Waals surface area contributed by atoms with Gasteiger partial charge in [0.25, 0.3) is 11.7 Å². The van der Waals surface area contributed by atoms with Crippen LogP contribution in [0, 0.1) is 13.8 Å². The van der Waals surface area contributed by atoms with Crippen molar-refractivity contribution < 1.29 is 4.79 Å². The SMILES string of the molecule is CCCc1cc(Nc2cccc(C(=O)Nc3cccc(C)c3C)c2)n2nc(-c3cccnc3)nc2n1. The summed E-state index contributed by atoms with van der Waals surface area (Å²) in [5, 5.41) is 11.1. The van der Waals surface area contributed by atoms with Gasteiger partial charge in [0, 0.05) is 46.7 Å². The highest BCUT2D eigenvalue weighted by Gasteiger charge is 2.14. The fraction of sp³-hybridized carbons (Fsp3) is 0.179. The van der Waals surface area contributed by atoms with Gasteiger partial charge in [-0.15, -0.1) is 5.10 Å². The van der Waals surface area contributed by atoms with Crippen molar-refractivity contribution in [3.05, 3.63) is 95.4 Å². The summed E-state index contributed by atoms with van der Waals surface area (Å²) in [7, 11) is 0. The highest BCUT2D eigenvalue weighted by molar-refractivity contribution is 6.05. The normalized spacial score (nSPS) is 11.0. The lowest BCUT2D eigenvalue weighted by atomic mass is 10.1. The first-order chi connectivity index (χ1) is 17.5. The van der Waals surface area contributed by atoms with Crippen molar-refractivity contribution in [3.8, 4) is 11.4 Å². The van der Waals surface area contributed by atoms with Crippen molar-refractivity contribution >= 4 is 28.9 Å². The van der Waals surface area contributed by atoms with Crippen LogP contribution in [0.25, 0.3) is 17.2 Å². The molecular formula is C28H27N7O. The molecule has 2 N–H and O–H groups in total. The second-order valence-electron chi connectivity index (χ2n) is 8.68. The first kappa shape index (κ1) is 23.2. The number of nitrogens with zero attached hydrogens (tertiary/aromatic N) is 5. The van der Waals surface area contributed by atoms with E-state index in [1.54, 1.807) is 23.0 Å². The number of rotatable bonds is 7. The van der Waals surface area contributed by atoms with E-state index < -0.39 is 0 Å². The van der Waals surface area contributed by atoms with Gasteiger partial charge in [-0.2, -0.15) is 9.50 Å². The molecule has 0 atom stereocenters. The van der Waals surface area contributed by atoms with E-state index in [1.165, 1.54) is 0 Å². The van der Waals surface area contributed by atoms with Gasteiger partial charge in [0.1, 0.15) is 5.82 Å². The molecule has 8 heteroatoms. The number of nitrogens with one attached hydrogen (secondary N) is 2. The van der Waals surface area contributed by atoms with Crippen LogP contribution in [-0.2, 0) is 6.42 Å². The van der Waals surface area contributed by atoms with Crippen LogP contribution in [0.2, 0.25) is 0 Å². The number of pyridine rings is 1. The summed E-state index contributed by atoms with van der Waals surface area (Å²) in [5.74, 6) is 1.61. The second kappa shape index (κ2) is 9.95. The number of anilines is 3. The van der Waals surface area contributed by atoms with Crippen molar-refractivity contribution in [2.45, 2.75) is 33.6 Å². The summed E-state index contributed by atoms with van der Waals surface area (Å²) in [6, 6.07) is 19.0. The molecule has 8 nitrogen and oxygen atoms in total. The number of hydrogen-bond acceptors (Lipinski definition) is 6. The summed E-state index contributed by atoms with van der Waals surface area (Å²) in [4.78, 5) is 26.5. The molecule has 36 heavy (non-hydrogen) atoms. The van der Waals surface area contributed by atoms with E-state index in [1.807, 2.05) is 68.4 Å². The number of aromatic nitrogens is 5. The van der Waals surface area contributed by atoms with Crippen LogP contribution in [0.4, 0.5) is 17.2 Å². The van der Waals surface area contributed by atoms with Gasteiger partial charge in [0.2, 0.25) is 0 Å². The molecule has 0 fully saturated rings. The number of amides is 1. The Labute approximate surface area is 209 Å². The van der Waals surface area contributed by atoms with Gasteiger partial charge < -0.3 is 10.6 Å². The van der Waals surface area contributed by atoms with Crippen LogP contribution < -0.4 is 10.6 Å². The highest BCUT2D eigenvalue weighted by Crippen LogP contribution is 2.24. The number of carbonyl (C=O) groups excluding carboxylic acids is 1. The fourth-order valence-corrected chi connectivity index (χ4v) is 3.98. The zero-order chi connectivity index (χ0) is 25.1. The average molecular weight is 478 g/mol. The Kier molecular flexibility index (Phi) is 6.40. The molecule has 0 aliphatic rings. The van der Waals surface area contributed by atoms with Crippen LogP contribution >= 0.6 is 0 Å². The van der Waals surface area contributed by atoms with E-state index in [0.717, 1.165) is 52.4 Å². The monoisotopic (exact) mass is 477 g/mol. The van der Waals surface area contributed by atoms with E-state index in [9.17, 15) is 4.79 Å². The average Bonchev–Trinajstić information content (AvgIpc) is 3.32. The van der Waals surface area contributed by atoms with Gasteiger partial charge >= 0.3 is 0 Å². The molecular weight excluding hydrogens is 450 g/mol. The van der Waals surface area contributed by atoms with E-state index in [4.69, 9.17) is 0 Å². The maximum Gasteiger partial charge on any atom is 0.255 e. The number of benzene rings is 2. The van der Waals surface area contributed by atoms with Gasteiger partial charge in [-0.1, -0.05) is 31.5 Å². The van der Waals surface area contributed by atoms with Gasteiger partial charge in [0.15, 0.2) is 5.82 Å². The topological polar surface area (TPSA) is 97.1 Å². The molecule has 0 saturated heterocycles. The van der Waals surface area contributed by atoms with Crippen molar-refractivity contribution in [1.29, 1.82) is 0 Å². The van der Waals surface area contributed by atoms with Crippen LogP contribution in [0.5, 0.6) is 0 Å². The van der Waals surface area contributed by atoms with Crippen LogP contribution in [0.1, 0.15) is 40.5 Å². The van der Waals surface area contributed by atoms with Crippen molar-refractivity contribution in [2.24, 2.45) is 0 Å². The minimum Gasteiger partial charge on any atom is -0.340 e. The Morgan fingerprint density at radius 1 is 1.00 bits per heavy atom. The van der Waals surface area contributed by atoms with Crippen LogP contribution in [-0.4, -0.2) is 30.5 Å². The first-order valence-electron chi connectivity index (χ1n) is 11.9. The molecule has 0 aliphatic carbocycles. The predicted octanol–water partition coefficient (Wildman–Crippen LogP) is 5.75. The molecule has 180 valence electrons. The van der Waals surface area contributed by atoms with Crippen molar-refractivity contribution in [2.75, 3.05) is 10.6 Å². The number of hydrogen-bond donors (Lipinski definition) is 2. The summed E-state index contributed by atoms with van der Waals surface area (Å²) in [6.07, 6.45) is 5.22. The molecule has 3 aromatic heterocycles. The maximum absolute atomic E-state index is 13.0. The molecule has 0 aliphatic heterocycles. The Morgan fingerprint density at radius 3 is 2.67 bits per heavy atom. The molecule has 0 unspecified atom stereocenters. The molecule has 0 radical (unpaired) electrons. The van der Waals surface area contributed by atoms with E-state index in [2.05, 4.69) is 37.6 Å². The molecule has 0 spiro atoms. The Balaban J connectivity index is 1.46. The molecule has 2 aromatic carbocycles. The van der Waals surface area contributed by atoms with E-state index in [0.29, 0.717) is 17.2 Å². The summed E-state index contributed by atoms with van der Waals surface area (Å²) in [6.45, 7) is 6.15. The van der Waals surface area contributed by atoms with Crippen LogP contribution in [0.15, 0.2) is 73.1 Å². The standard InChI is InChI=1S/C28H27N7O/c1-4-8-22-16-25(35-28(31-22)33-26(34-35)21-11-7-14-29-17-21)30-23-12-6-10-20(15-23)27(36)32-24-13-5-9-18(2)19(24)3/h5-7,9-17,30H,4,8H2,1-3H3,(H,32,36). The summed E-state index contributed by atoms with van der Waals surface area (Å²) < 4.78 is 1.68. The smallest absolute Gasteiger partial charge is 0.255 e. The lowest BCUT2D eigenvalue weighted by Gasteiger charge is -2.12. The molecule has 3 heterocycles. The van der Waals surface area contributed by atoms with Crippen molar-refractivity contribution in [3.63, 3.8) is 0 Å². The molecule has 5 aromatic rings.